The van der Waals surface area contributed by atoms with Crippen molar-refractivity contribution < 1.29 is 14.4 Å². The number of nitrogens with one attached hydrogen (secondary N) is 3. The molecule has 7 nitrogen and oxygen atoms in total. The van der Waals surface area contributed by atoms with Crippen LogP contribution >= 0.6 is 11.3 Å². The number of aryl methyl sites for hydroxylation is 1. The molecule has 154 valence electrons. The molecule has 8 heteroatoms. The van der Waals surface area contributed by atoms with Crippen molar-refractivity contribution in [3.63, 3.8) is 0 Å². The number of carbonyl (C=O) groups excluding carboxylic acids is 3. The van der Waals surface area contributed by atoms with Gasteiger partial charge in [-0.3, -0.25) is 25.2 Å². The molecule has 1 atom stereocenters. The maximum absolute atomic E-state index is 12.4. The van der Waals surface area contributed by atoms with Gasteiger partial charge in [0.25, 0.3) is 11.8 Å². The quantitative estimate of drug-likeness (QED) is 0.532. The first-order valence-electron chi connectivity index (χ1n) is 9.42. The van der Waals surface area contributed by atoms with E-state index in [0.717, 1.165) is 10.6 Å². The molecule has 0 aliphatic heterocycles. The van der Waals surface area contributed by atoms with Crippen molar-refractivity contribution in [1.29, 1.82) is 0 Å². The number of hydrogen-bond acceptors (Lipinski definition) is 5. The first-order chi connectivity index (χ1) is 14.4. The largest absolute Gasteiger partial charge is 0.349 e. The lowest BCUT2D eigenvalue weighted by atomic mass is 10.2. The van der Waals surface area contributed by atoms with Crippen LogP contribution in [0.15, 0.2) is 60.7 Å². The van der Waals surface area contributed by atoms with Gasteiger partial charge in [-0.1, -0.05) is 48.5 Å². The smallest absolute Gasteiger partial charge is 0.281 e. The van der Waals surface area contributed by atoms with Gasteiger partial charge in [0.05, 0.1) is 5.69 Å². The van der Waals surface area contributed by atoms with E-state index >= 15 is 0 Å². The lowest BCUT2D eigenvalue weighted by molar-refractivity contribution is -0.122. The van der Waals surface area contributed by atoms with E-state index in [1.807, 2.05) is 36.4 Å². The summed E-state index contributed by atoms with van der Waals surface area (Å²) >= 11 is 1.26. The number of benzene rings is 2. The monoisotopic (exact) mass is 422 g/mol. The summed E-state index contributed by atoms with van der Waals surface area (Å²) in [6.45, 7) is 3.47. The molecule has 3 rings (SSSR count). The van der Waals surface area contributed by atoms with Crippen LogP contribution in [0, 0.1) is 6.92 Å². The molecule has 0 spiro atoms. The third kappa shape index (κ3) is 5.51. The first kappa shape index (κ1) is 21.2. The Balaban J connectivity index is 1.50. The molecule has 0 aliphatic rings. The summed E-state index contributed by atoms with van der Waals surface area (Å²) in [5.74, 6) is -1.09. The molecule has 1 heterocycles. The molecule has 0 aliphatic carbocycles. The average molecular weight is 423 g/mol. The Kier molecular flexibility index (Phi) is 6.92. The van der Waals surface area contributed by atoms with E-state index in [1.54, 1.807) is 38.1 Å². The normalized spacial score (nSPS) is 11.4. The molecule has 2 aromatic carbocycles. The highest BCUT2D eigenvalue weighted by atomic mass is 32.1. The Morgan fingerprint density at radius 3 is 2.23 bits per heavy atom. The van der Waals surface area contributed by atoms with Crippen LogP contribution < -0.4 is 16.2 Å². The van der Waals surface area contributed by atoms with Gasteiger partial charge in [-0.05, 0) is 26.0 Å². The molecule has 0 radical (unpaired) electrons. The fourth-order valence-electron chi connectivity index (χ4n) is 2.77. The summed E-state index contributed by atoms with van der Waals surface area (Å²) < 4.78 is 0. The van der Waals surface area contributed by atoms with Crippen LogP contribution in [-0.2, 0) is 4.79 Å². The van der Waals surface area contributed by atoms with Crippen LogP contribution in [0.5, 0.6) is 0 Å². The van der Waals surface area contributed by atoms with Crippen LogP contribution in [-0.4, -0.2) is 28.7 Å². The predicted molar refractivity (Wildman–Crippen MR) is 116 cm³/mol. The van der Waals surface area contributed by atoms with Gasteiger partial charge in [0.2, 0.25) is 5.91 Å². The van der Waals surface area contributed by atoms with Gasteiger partial charge >= 0.3 is 0 Å². The number of carbonyl (C=O) groups is 3. The standard InChI is InChI=1S/C22H22N4O3S/c1-14(23-20(28)16-9-5-3-6-10-16)13-18(27)25-26-21(29)19-15(2)24-22(30-19)17-11-7-4-8-12-17/h3-12,14H,13H2,1-2H3,(H,23,28)(H,25,27)(H,26,29). The summed E-state index contributed by atoms with van der Waals surface area (Å²) in [7, 11) is 0. The second-order valence-electron chi connectivity index (χ2n) is 6.75. The molecule has 1 aromatic heterocycles. The zero-order valence-electron chi connectivity index (χ0n) is 16.6. The summed E-state index contributed by atoms with van der Waals surface area (Å²) in [4.78, 5) is 41.6. The Morgan fingerprint density at radius 1 is 0.933 bits per heavy atom. The summed E-state index contributed by atoms with van der Waals surface area (Å²) in [6.07, 6.45) is 0.0236. The van der Waals surface area contributed by atoms with Crippen molar-refractivity contribution in [1.82, 2.24) is 21.2 Å². The number of thiazole rings is 1. The van der Waals surface area contributed by atoms with E-state index in [9.17, 15) is 14.4 Å². The van der Waals surface area contributed by atoms with Gasteiger partial charge < -0.3 is 5.32 Å². The van der Waals surface area contributed by atoms with E-state index in [4.69, 9.17) is 0 Å². The van der Waals surface area contributed by atoms with Crippen LogP contribution in [0.1, 0.15) is 39.1 Å². The van der Waals surface area contributed by atoms with Crippen molar-refractivity contribution in [2.75, 3.05) is 0 Å². The third-order valence-electron chi connectivity index (χ3n) is 4.24. The van der Waals surface area contributed by atoms with Crippen LogP contribution in [0.2, 0.25) is 0 Å². The summed E-state index contributed by atoms with van der Waals surface area (Å²) in [5, 5.41) is 3.49. The molecule has 3 N–H and O–H groups in total. The minimum atomic E-state index is -0.429. The molecule has 0 saturated carbocycles. The summed E-state index contributed by atoms with van der Waals surface area (Å²) in [5.41, 5.74) is 6.84. The van der Waals surface area contributed by atoms with Gasteiger partial charge in [0.15, 0.2) is 0 Å². The van der Waals surface area contributed by atoms with Crippen molar-refractivity contribution in [2.24, 2.45) is 0 Å². The molecule has 30 heavy (non-hydrogen) atoms. The van der Waals surface area contributed by atoms with Crippen molar-refractivity contribution >= 4 is 29.1 Å². The topological polar surface area (TPSA) is 100 Å². The van der Waals surface area contributed by atoms with E-state index in [0.29, 0.717) is 16.1 Å². The Bertz CT molecular complexity index is 1040. The first-order valence-corrected chi connectivity index (χ1v) is 10.2. The molecule has 0 bridgehead atoms. The second kappa shape index (κ2) is 9.80. The lowest BCUT2D eigenvalue weighted by Crippen LogP contribution is -2.44. The van der Waals surface area contributed by atoms with E-state index in [-0.39, 0.29) is 12.3 Å². The molecule has 3 aromatic rings. The van der Waals surface area contributed by atoms with E-state index in [2.05, 4.69) is 21.2 Å². The van der Waals surface area contributed by atoms with Crippen LogP contribution in [0.4, 0.5) is 0 Å². The SMILES string of the molecule is Cc1nc(-c2ccccc2)sc1C(=O)NNC(=O)CC(C)NC(=O)c1ccccc1. The Labute approximate surface area is 178 Å². The van der Waals surface area contributed by atoms with Crippen LogP contribution in [0.3, 0.4) is 0 Å². The van der Waals surface area contributed by atoms with Gasteiger partial charge in [-0.25, -0.2) is 4.98 Å². The maximum atomic E-state index is 12.4. The predicted octanol–water partition coefficient (Wildman–Crippen LogP) is 3.09. The minimum Gasteiger partial charge on any atom is -0.349 e. The summed E-state index contributed by atoms with van der Waals surface area (Å²) in [6, 6.07) is 17.9. The fraction of sp³-hybridized carbons (Fsp3) is 0.182. The van der Waals surface area contributed by atoms with Crippen molar-refractivity contribution in [3.05, 3.63) is 76.8 Å². The highest BCUT2D eigenvalue weighted by Crippen LogP contribution is 2.27. The zero-order valence-corrected chi connectivity index (χ0v) is 17.5. The molecular formula is C22H22N4O3S. The van der Waals surface area contributed by atoms with E-state index < -0.39 is 17.9 Å². The third-order valence-corrected chi connectivity index (χ3v) is 5.45. The number of amides is 3. The van der Waals surface area contributed by atoms with Crippen molar-refractivity contribution in [2.45, 2.75) is 26.3 Å². The zero-order chi connectivity index (χ0) is 21.5. The van der Waals surface area contributed by atoms with Crippen molar-refractivity contribution in [3.8, 4) is 10.6 Å². The minimum absolute atomic E-state index is 0.0236. The molecule has 0 fully saturated rings. The number of aromatic nitrogens is 1. The number of nitrogens with zero attached hydrogens (tertiary/aromatic N) is 1. The van der Waals surface area contributed by atoms with Gasteiger partial charge in [-0.15, -0.1) is 11.3 Å². The second-order valence-corrected chi connectivity index (χ2v) is 7.75. The fourth-order valence-corrected chi connectivity index (χ4v) is 3.74. The lowest BCUT2D eigenvalue weighted by Gasteiger charge is -2.14. The highest BCUT2D eigenvalue weighted by Gasteiger charge is 2.18. The Morgan fingerprint density at radius 2 is 1.57 bits per heavy atom. The number of hydrogen-bond donors (Lipinski definition) is 3. The molecular weight excluding hydrogens is 400 g/mol. The number of hydrazine groups is 1. The number of rotatable bonds is 6. The van der Waals surface area contributed by atoms with Gasteiger partial charge in [-0.2, -0.15) is 0 Å². The van der Waals surface area contributed by atoms with Gasteiger partial charge in [0, 0.05) is 23.6 Å². The molecule has 1 unspecified atom stereocenters. The Hall–Kier alpha value is -3.52. The van der Waals surface area contributed by atoms with Crippen LogP contribution in [0.25, 0.3) is 10.6 Å². The molecule has 3 amide bonds. The molecule has 0 saturated heterocycles. The van der Waals surface area contributed by atoms with E-state index in [1.165, 1.54) is 11.3 Å². The average Bonchev–Trinajstić information content (AvgIpc) is 3.15. The highest BCUT2D eigenvalue weighted by molar-refractivity contribution is 7.17. The van der Waals surface area contributed by atoms with Gasteiger partial charge in [0.1, 0.15) is 9.88 Å². The maximum Gasteiger partial charge on any atom is 0.281 e.